The minimum absolute atomic E-state index is 0.181. The highest BCUT2D eigenvalue weighted by molar-refractivity contribution is 6.04. The maximum atomic E-state index is 13.1. The summed E-state index contributed by atoms with van der Waals surface area (Å²) in [5.41, 5.74) is 5.18. The van der Waals surface area contributed by atoms with Crippen LogP contribution in [-0.2, 0) is 48.3 Å². The van der Waals surface area contributed by atoms with Gasteiger partial charge in [0.25, 0.3) is 0 Å². The lowest BCUT2D eigenvalue weighted by atomic mass is 9.86. The van der Waals surface area contributed by atoms with Gasteiger partial charge in [-0.3, -0.25) is 4.68 Å². The number of carbonyl (C=O) groups is 1. The van der Waals surface area contributed by atoms with Crippen LogP contribution in [0.5, 0.6) is 11.5 Å². The number of nitrogens with zero attached hydrogens (tertiary/aromatic N) is 3. The first-order valence-electron chi connectivity index (χ1n) is 18.2. The van der Waals surface area contributed by atoms with E-state index in [0.29, 0.717) is 76.7 Å². The first-order valence-corrected chi connectivity index (χ1v) is 18.2. The van der Waals surface area contributed by atoms with E-state index in [1.54, 1.807) is 0 Å². The number of para-hydroxylation sites is 1. The highest BCUT2D eigenvalue weighted by Gasteiger charge is 2.32. The van der Waals surface area contributed by atoms with Crippen molar-refractivity contribution in [3.63, 3.8) is 0 Å². The topological polar surface area (TPSA) is 117 Å². The van der Waals surface area contributed by atoms with Crippen molar-refractivity contribution in [1.29, 1.82) is 0 Å². The fraction of sp³-hybridized carbons (Fsp3) is 0.302. The molecule has 8 rings (SSSR count). The second kappa shape index (κ2) is 14.9. The third-order valence-corrected chi connectivity index (χ3v) is 10.5. The summed E-state index contributed by atoms with van der Waals surface area (Å²) in [6.07, 6.45) is 6.18. The summed E-state index contributed by atoms with van der Waals surface area (Å²) in [7, 11) is 1.90. The number of aromatic carboxylic acids is 1. The van der Waals surface area contributed by atoms with Crippen LogP contribution in [0, 0.1) is 0 Å². The Morgan fingerprint density at radius 2 is 1.68 bits per heavy atom. The third kappa shape index (κ3) is 6.81. The molecule has 0 unspecified atom stereocenters. The lowest BCUT2D eigenvalue weighted by molar-refractivity contribution is -0.0679. The lowest BCUT2D eigenvalue weighted by Gasteiger charge is -2.32. The van der Waals surface area contributed by atoms with Gasteiger partial charge in [0.2, 0.25) is 0 Å². The molecule has 2 aromatic heterocycles. The second-order valence-corrected chi connectivity index (χ2v) is 13.7. The van der Waals surface area contributed by atoms with Gasteiger partial charge in [-0.05, 0) is 47.6 Å². The first-order chi connectivity index (χ1) is 25.9. The van der Waals surface area contributed by atoms with Gasteiger partial charge in [0.05, 0.1) is 36.6 Å². The molecule has 0 bridgehead atoms. The number of benzene rings is 4. The fourth-order valence-corrected chi connectivity index (χ4v) is 7.79. The molecule has 6 aromatic rings. The highest BCUT2D eigenvalue weighted by atomic mass is 16.5. The minimum Gasteiger partial charge on any atom is -0.493 e. The average molecular weight is 714 g/mol. The Hall–Kier alpha value is -5.42. The number of hydrogen-bond acceptors (Lipinski definition) is 7. The Kier molecular flexibility index (Phi) is 9.74. The van der Waals surface area contributed by atoms with E-state index in [4.69, 9.17) is 24.0 Å². The van der Waals surface area contributed by atoms with Crippen LogP contribution >= 0.6 is 0 Å². The van der Waals surface area contributed by atoms with Crippen LogP contribution in [0.15, 0.2) is 97.1 Å². The van der Waals surface area contributed by atoms with Gasteiger partial charge in [0, 0.05) is 61.5 Å². The van der Waals surface area contributed by atoms with E-state index < -0.39 is 11.6 Å². The Morgan fingerprint density at radius 1 is 0.906 bits per heavy atom. The molecule has 0 aliphatic carbocycles. The molecule has 272 valence electrons. The maximum Gasteiger partial charge on any atom is 0.352 e. The predicted octanol–water partition coefficient (Wildman–Crippen LogP) is 7.57. The van der Waals surface area contributed by atoms with Crippen molar-refractivity contribution in [3.05, 3.63) is 125 Å². The molecule has 4 aromatic carbocycles. The molecular formula is C43H43N3O7. The van der Waals surface area contributed by atoms with E-state index in [0.717, 1.165) is 55.4 Å². The van der Waals surface area contributed by atoms with Crippen LogP contribution in [0.2, 0.25) is 0 Å². The number of fused-ring (bicyclic) bond motifs is 3. The molecule has 2 N–H and O–H groups in total. The molecule has 2 aliphatic heterocycles. The molecule has 0 spiro atoms. The van der Waals surface area contributed by atoms with Gasteiger partial charge in [0.1, 0.15) is 29.5 Å². The Balaban J connectivity index is 1.12. The second-order valence-electron chi connectivity index (χ2n) is 13.7. The van der Waals surface area contributed by atoms with Crippen LogP contribution in [0.3, 0.4) is 0 Å². The van der Waals surface area contributed by atoms with Crippen LogP contribution in [0.1, 0.15) is 52.3 Å². The minimum atomic E-state index is -0.972. The van der Waals surface area contributed by atoms with Gasteiger partial charge < -0.3 is 33.7 Å². The van der Waals surface area contributed by atoms with Gasteiger partial charge in [-0.15, -0.1) is 0 Å². The van der Waals surface area contributed by atoms with E-state index in [1.165, 1.54) is 0 Å². The van der Waals surface area contributed by atoms with E-state index in [9.17, 15) is 15.0 Å². The van der Waals surface area contributed by atoms with E-state index >= 15 is 0 Å². The largest absolute Gasteiger partial charge is 0.493 e. The van der Waals surface area contributed by atoms with Crippen molar-refractivity contribution < 1.29 is 34.0 Å². The van der Waals surface area contributed by atoms with Crippen molar-refractivity contribution >= 4 is 27.6 Å². The van der Waals surface area contributed by atoms with Crippen molar-refractivity contribution in [2.45, 2.75) is 51.0 Å². The Morgan fingerprint density at radius 3 is 2.51 bits per heavy atom. The lowest BCUT2D eigenvalue weighted by Crippen LogP contribution is -2.33. The van der Waals surface area contributed by atoms with E-state index in [-0.39, 0.29) is 12.3 Å². The molecule has 4 heterocycles. The molecule has 0 atom stereocenters. The highest BCUT2D eigenvalue weighted by Crippen LogP contribution is 2.40. The quantitative estimate of drug-likeness (QED) is 0.110. The van der Waals surface area contributed by atoms with Crippen molar-refractivity contribution in [3.8, 4) is 22.6 Å². The summed E-state index contributed by atoms with van der Waals surface area (Å²) in [6.45, 7) is 2.76. The normalized spacial score (nSPS) is 15.6. The standard InChI is InChI=1S/C43H43N3O7/c1-45-37-28-51-23-5-4-22-46-40-33(34(41(46)42(47)48)14-8-24-52-38-15-6-10-29-9-2-3-11-32(29)38)12-7-13-35(40)39(37)36(44-45)27-53-31-18-16-30(17-19-31)43(49)20-25-50-26-21-43/h2-7,9-13,15-19,49H,8,14,20-28H2,1H3,(H,47,48). The van der Waals surface area contributed by atoms with E-state index in [2.05, 4.69) is 18.2 Å². The average Bonchev–Trinajstić information content (AvgIpc) is 3.66. The van der Waals surface area contributed by atoms with Gasteiger partial charge in [-0.2, -0.15) is 5.10 Å². The molecule has 0 radical (unpaired) electrons. The van der Waals surface area contributed by atoms with Crippen molar-refractivity contribution in [2.24, 2.45) is 7.05 Å². The van der Waals surface area contributed by atoms with Gasteiger partial charge in [-0.25, -0.2) is 4.79 Å². The number of allylic oxidation sites excluding steroid dienone is 1. The van der Waals surface area contributed by atoms with Gasteiger partial charge in [-0.1, -0.05) is 78.9 Å². The molecule has 10 heteroatoms. The predicted molar refractivity (Wildman–Crippen MR) is 202 cm³/mol. The SMILES string of the molecule is Cn1nc(COc2ccc(C3(O)CCOCC3)cc2)c2c1COCC=CCn1c(C(=O)O)c(CCCOc3cccc4ccccc34)c3cccc-2c31. The van der Waals surface area contributed by atoms with Crippen LogP contribution in [0.25, 0.3) is 32.8 Å². The molecular weight excluding hydrogens is 670 g/mol. The number of aliphatic hydroxyl groups is 1. The fourth-order valence-electron chi connectivity index (χ4n) is 7.79. The monoisotopic (exact) mass is 713 g/mol. The van der Waals surface area contributed by atoms with Crippen molar-refractivity contribution in [1.82, 2.24) is 14.3 Å². The number of carboxylic acid groups (broad SMARTS) is 1. The zero-order valence-electron chi connectivity index (χ0n) is 29.8. The zero-order chi connectivity index (χ0) is 36.4. The first kappa shape index (κ1) is 34.7. The Labute approximate surface area is 307 Å². The van der Waals surface area contributed by atoms with Crippen molar-refractivity contribution in [2.75, 3.05) is 26.4 Å². The number of aromatic nitrogens is 3. The summed E-state index contributed by atoms with van der Waals surface area (Å²) < 4.78 is 27.9. The Bertz CT molecular complexity index is 2290. The summed E-state index contributed by atoms with van der Waals surface area (Å²) in [4.78, 5) is 13.1. The zero-order valence-corrected chi connectivity index (χ0v) is 29.8. The number of carboxylic acids is 1. The molecule has 1 fully saturated rings. The third-order valence-electron chi connectivity index (χ3n) is 10.5. The summed E-state index contributed by atoms with van der Waals surface area (Å²) in [5, 5.41) is 29.8. The number of ether oxygens (including phenoxy) is 4. The summed E-state index contributed by atoms with van der Waals surface area (Å²) >= 11 is 0. The van der Waals surface area contributed by atoms with Crippen LogP contribution in [0.4, 0.5) is 0 Å². The van der Waals surface area contributed by atoms with Crippen LogP contribution < -0.4 is 9.47 Å². The summed E-state index contributed by atoms with van der Waals surface area (Å²) in [5.74, 6) is 0.503. The number of aryl methyl sites for hydroxylation is 2. The maximum absolute atomic E-state index is 13.1. The number of rotatable bonds is 10. The molecule has 10 nitrogen and oxygen atoms in total. The molecule has 1 saturated heterocycles. The number of hydrogen-bond donors (Lipinski definition) is 2. The van der Waals surface area contributed by atoms with Gasteiger partial charge in [0.15, 0.2) is 0 Å². The molecule has 0 amide bonds. The summed E-state index contributed by atoms with van der Waals surface area (Å²) in [6, 6.07) is 27.8. The molecule has 2 aliphatic rings. The molecule has 53 heavy (non-hydrogen) atoms. The van der Waals surface area contributed by atoms with Crippen LogP contribution in [-0.4, -0.2) is 57.0 Å². The van der Waals surface area contributed by atoms with Gasteiger partial charge >= 0.3 is 5.97 Å². The van der Waals surface area contributed by atoms with E-state index in [1.807, 2.05) is 95.2 Å². The molecule has 0 saturated carbocycles. The smallest absolute Gasteiger partial charge is 0.352 e.